The number of halogens is 2. The molecule has 0 radical (unpaired) electrons. The van der Waals surface area contributed by atoms with Gasteiger partial charge in [-0.25, -0.2) is 8.78 Å². The molecular formula is C19H17F2N3O2S. The second-order valence-electron chi connectivity index (χ2n) is 5.92. The Balaban J connectivity index is 1.97. The molecule has 0 aliphatic carbocycles. The summed E-state index contributed by atoms with van der Waals surface area (Å²) in [5.41, 5.74) is 1.37. The van der Waals surface area contributed by atoms with Crippen molar-refractivity contribution >= 4 is 28.9 Å². The lowest BCUT2D eigenvalue weighted by Crippen LogP contribution is -2.46. The van der Waals surface area contributed by atoms with Crippen LogP contribution in [-0.4, -0.2) is 18.1 Å². The zero-order valence-corrected chi connectivity index (χ0v) is 15.4. The molecule has 3 N–H and O–H groups in total. The van der Waals surface area contributed by atoms with Gasteiger partial charge < -0.3 is 20.7 Å². The average Bonchev–Trinajstić information content (AvgIpc) is 2.61. The lowest BCUT2D eigenvalue weighted by atomic mass is 9.94. The fraction of sp³-hybridized carbons (Fsp3) is 0.158. The van der Waals surface area contributed by atoms with Crippen LogP contribution in [0.5, 0.6) is 5.75 Å². The largest absolute Gasteiger partial charge is 0.497 e. The number of hydrogen-bond acceptors (Lipinski definition) is 3. The number of allylic oxidation sites excluding steroid dienone is 1. The van der Waals surface area contributed by atoms with Gasteiger partial charge in [-0.3, -0.25) is 4.79 Å². The van der Waals surface area contributed by atoms with Gasteiger partial charge in [-0.05, 0) is 37.3 Å². The van der Waals surface area contributed by atoms with E-state index in [1.165, 1.54) is 13.2 Å². The molecule has 1 atom stereocenters. The summed E-state index contributed by atoms with van der Waals surface area (Å²) in [4.78, 5) is 12.9. The molecule has 3 rings (SSSR count). The lowest BCUT2D eigenvalue weighted by Gasteiger charge is -2.30. The second kappa shape index (κ2) is 7.71. The number of nitrogens with one attached hydrogen (secondary N) is 3. The van der Waals surface area contributed by atoms with Crippen molar-refractivity contribution in [1.29, 1.82) is 0 Å². The summed E-state index contributed by atoms with van der Waals surface area (Å²) in [6, 6.07) is 9.20. The predicted molar refractivity (Wildman–Crippen MR) is 102 cm³/mol. The summed E-state index contributed by atoms with van der Waals surface area (Å²) < 4.78 is 32.8. The predicted octanol–water partition coefficient (Wildman–Crippen LogP) is 3.40. The van der Waals surface area contributed by atoms with E-state index in [-0.39, 0.29) is 16.2 Å². The van der Waals surface area contributed by atoms with Gasteiger partial charge in [-0.15, -0.1) is 0 Å². The Labute approximate surface area is 160 Å². The van der Waals surface area contributed by atoms with Crippen LogP contribution in [0, 0.1) is 11.6 Å². The molecule has 0 saturated heterocycles. The summed E-state index contributed by atoms with van der Waals surface area (Å²) in [5, 5.41) is 8.76. The fourth-order valence-corrected chi connectivity index (χ4v) is 3.13. The average molecular weight is 389 g/mol. The molecule has 2 aromatic carbocycles. The maximum absolute atomic E-state index is 14.3. The number of hydrogen-bond donors (Lipinski definition) is 3. The molecular weight excluding hydrogens is 372 g/mol. The molecule has 8 heteroatoms. The maximum atomic E-state index is 14.3. The van der Waals surface area contributed by atoms with E-state index < -0.39 is 23.6 Å². The zero-order valence-electron chi connectivity index (χ0n) is 14.6. The van der Waals surface area contributed by atoms with E-state index in [1.54, 1.807) is 31.2 Å². The van der Waals surface area contributed by atoms with Crippen molar-refractivity contribution in [2.24, 2.45) is 0 Å². The van der Waals surface area contributed by atoms with Crippen LogP contribution in [0.4, 0.5) is 14.5 Å². The number of anilines is 1. The molecule has 0 bridgehead atoms. The van der Waals surface area contributed by atoms with Gasteiger partial charge in [0, 0.05) is 29.1 Å². The Bertz CT molecular complexity index is 946. The second-order valence-corrected chi connectivity index (χ2v) is 6.33. The first-order valence-corrected chi connectivity index (χ1v) is 8.48. The Morgan fingerprint density at radius 2 is 2.00 bits per heavy atom. The topological polar surface area (TPSA) is 62.4 Å². The standard InChI is InChI=1S/C19H17F2N3O2S/c1-10-16(18(25)23-12-4-3-5-13(9-12)26-2)17(24-19(27)22-10)14-7-6-11(20)8-15(14)21/h3-9,17H,1-2H3,(H,23,25)(H2,22,24,27)/t17-/m0/s1. The highest BCUT2D eigenvalue weighted by Gasteiger charge is 2.31. The quantitative estimate of drug-likeness (QED) is 0.700. The van der Waals surface area contributed by atoms with Gasteiger partial charge in [0.1, 0.15) is 17.4 Å². The van der Waals surface area contributed by atoms with Crippen LogP contribution in [0.15, 0.2) is 53.7 Å². The number of carbonyl (C=O) groups excluding carboxylic acids is 1. The highest BCUT2D eigenvalue weighted by atomic mass is 32.1. The normalized spacial score (nSPS) is 16.4. The first kappa shape index (κ1) is 18.8. The molecule has 5 nitrogen and oxygen atoms in total. The molecule has 0 spiro atoms. The number of methoxy groups -OCH3 is 1. The van der Waals surface area contributed by atoms with Gasteiger partial charge in [0.2, 0.25) is 0 Å². The number of rotatable bonds is 4. The summed E-state index contributed by atoms with van der Waals surface area (Å²) in [7, 11) is 1.52. The number of ether oxygens (including phenoxy) is 1. The van der Waals surface area contributed by atoms with Gasteiger partial charge in [0.15, 0.2) is 5.11 Å². The van der Waals surface area contributed by atoms with Crippen LogP contribution in [-0.2, 0) is 4.79 Å². The molecule has 0 aromatic heterocycles. The van der Waals surface area contributed by atoms with Crippen LogP contribution in [0.1, 0.15) is 18.5 Å². The van der Waals surface area contributed by atoms with Crippen LogP contribution in [0.25, 0.3) is 0 Å². The van der Waals surface area contributed by atoms with Crippen molar-refractivity contribution < 1.29 is 18.3 Å². The Kier molecular flexibility index (Phi) is 5.36. The molecule has 2 aromatic rings. The van der Waals surface area contributed by atoms with Crippen LogP contribution in [0.2, 0.25) is 0 Å². The molecule has 1 amide bonds. The van der Waals surface area contributed by atoms with E-state index in [9.17, 15) is 13.6 Å². The van der Waals surface area contributed by atoms with Crippen molar-refractivity contribution in [2.75, 3.05) is 12.4 Å². The minimum absolute atomic E-state index is 0.121. The summed E-state index contributed by atoms with van der Waals surface area (Å²) >= 11 is 5.13. The molecule has 1 heterocycles. The molecule has 0 fully saturated rings. The Morgan fingerprint density at radius 3 is 2.70 bits per heavy atom. The van der Waals surface area contributed by atoms with Gasteiger partial charge >= 0.3 is 0 Å². The van der Waals surface area contributed by atoms with Crippen molar-refractivity contribution in [1.82, 2.24) is 10.6 Å². The third kappa shape index (κ3) is 4.06. The van der Waals surface area contributed by atoms with Crippen LogP contribution >= 0.6 is 12.2 Å². The van der Waals surface area contributed by atoms with E-state index in [4.69, 9.17) is 17.0 Å². The van der Waals surface area contributed by atoms with Crippen molar-refractivity contribution in [3.8, 4) is 5.75 Å². The van der Waals surface area contributed by atoms with E-state index in [2.05, 4.69) is 16.0 Å². The highest BCUT2D eigenvalue weighted by Crippen LogP contribution is 2.30. The SMILES string of the molecule is COc1cccc(NC(=O)C2=C(C)NC(=S)N[C@H]2c2ccc(F)cc2F)c1. The highest BCUT2D eigenvalue weighted by molar-refractivity contribution is 7.80. The summed E-state index contributed by atoms with van der Waals surface area (Å²) in [6.45, 7) is 1.67. The molecule has 0 saturated carbocycles. The number of amides is 1. The first-order chi connectivity index (χ1) is 12.9. The van der Waals surface area contributed by atoms with Crippen molar-refractivity contribution in [3.05, 3.63) is 70.9 Å². The Hall–Kier alpha value is -3.00. The van der Waals surface area contributed by atoms with Gasteiger partial charge in [-0.2, -0.15) is 0 Å². The van der Waals surface area contributed by atoms with Gasteiger partial charge in [0.25, 0.3) is 5.91 Å². The molecule has 1 aliphatic heterocycles. The van der Waals surface area contributed by atoms with Gasteiger partial charge in [-0.1, -0.05) is 12.1 Å². The number of carbonyl (C=O) groups is 1. The minimum Gasteiger partial charge on any atom is -0.497 e. The lowest BCUT2D eigenvalue weighted by molar-refractivity contribution is -0.113. The number of benzene rings is 2. The van der Waals surface area contributed by atoms with Crippen LogP contribution in [0.3, 0.4) is 0 Å². The maximum Gasteiger partial charge on any atom is 0.255 e. The Morgan fingerprint density at radius 1 is 1.22 bits per heavy atom. The summed E-state index contributed by atoms with van der Waals surface area (Å²) in [6.07, 6.45) is 0. The first-order valence-electron chi connectivity index (χ1n) is 8.07. The third-order valence-electron chi connectivity index (χ3n) is 4.11. The van der Waals surface area contributed by atoms with Crippen molar-refractivity contribution in [3.63, 3.8) is 0 Å². The summed E-state index contributed by atoms with van der Waals surface area (Å²) in [5.74, 6) is -1.33. The van der Waals surface area contributed by atoms with Crippen LogP contribution < -0.4 is 20.7 Å². The third-order valence-corrected chi connectivity index (χ3v) is 4.33. The van der Waals surface area contributed by atoms with E-state index in [0.717, 1.165) is 12.1 Å². The number of thiocarbonyl (C=S) groups is 1. The molecule has 0 unspecified atom stereocenters. The monoisotopic (exact) mass is 389 g/mol. The van der Waals surface area contributed by atoms with E-state index >= 15 is 0 Å². The smallest absolute Gasteiger partial charge is 0.255 e. The fourth-order valence-electron chi connectivity index (χ4n) is 2.86. The molecule has 140 valence electrons. The zero-order chi connectivity index (χ0) is 19.6. The molecule has 1 aliphatic rings. The van der Waals surface area contributed by atoms with E-state index in [1.807, 2.05) is 0 Å². The van der Waals surface area contributed by atoms with E-state index in [0.29, 0.717) is 17.1 Å². The molecule has 27 heavy (non-hydrogen) atoms. The minimum atomic E-state index is -0.857. The van der Waals surface area contributed by atoms with Gasteiger partial charge in [0.05, 0.1) is 18.7 Å². The van der Waals surface area contributed by atoms with Crippen molar-refractivity contribution in [2.45, 2.75) is 13.0 Å².